The molecule has 0 bridgehead atoms. The number of esters is 1. The molecule has 0 atom stereocenters. The van der Waals surface area contributed by atoms with Gasteiger partial charge in [-0.15, -0.1) is 0 Å². The first-order valence-electron chi connectivity index (χ1n) is 7.96. The second kappa shape index (κ2) is 7.18. The van der Waals surface area contributed by atoms with E-state index in [1.54, 1.807) is 42.5 Å². The molecule has 0 aliphatic rings. The lowest BCUT2D eigenvalue weighted by Crippen LogP contribution is -2.11. The first kappa shape index (κ1) is 17.3. The summed E-state index contributed by atoms with van der Waals surface area (Å²) in [5.74, 6) is -0.252. The van der Waals surface area contributed by atoms with Crippen LogP contribution in [-0.4, -0.2) is 22.0 Å². The van der Waals surface area contributed by atoms with Gasteiger partial charge in [0.25, 0.3) is 0 Å². The summed E-state index contributed by atoms with van der Waals surface area (Å²) < 4.78 is 10.9. The van der Waals surface area contributed by atoms with Gasteiger partial charge in [0.15, 0.2) is 0 Å². The summed E-state index contributed by atoms with van der Waals surface area (Å²) in [7, 11) is 0. The molecule has 0 amide bonds. The van der Waals surface area contributed by atoms with Crippen LogP contribution >= 0.6 is 0 Å². The fourth-order valence-corrected chi connectivity index (χ4v) is 2.45. The Hall–Kier alpha value is -3.48. The molecule has 3 rings (SSSR count). The summed E-state index contributed by atoms with van der Waals surface area (Å²) in [5, 5.41) is 11.9. The summed E-state index contributed by atoms with van der Waals surface area (Å²) in [6, 6.07) is 12.7. The zero-order valence-electron chi connectivity index (χ0n) is 14.2. The largest absolute Gasteiger partial charge is 0.491 e. The second-order valence-electron chi connectivity index (χ2n) is 5.83. The smallest absolute Gasteiger partial charge is 0.343 e. The third-order valence-corrected chi connectivity index (χ3v) is 3.56. The van der Waals surface area contributed by atoms with E-state index in [1.807, 2.05) is 13.8 Å². The summed E-state index contributed by atoms with van der Waals surface area (Å²) in [6.45, 7) is 3.80. The minimum absolute atomic E-state index is 0.0113. The summed E-state index contributed by atoms with van der Waals surface area (Å²) in [6.07, 6.45) is 1.50. The lowest BCUT2D eigenvalue weighted by Gasteiger charge is -2.10. The number of nitro groups is 1. The number of aromatic nitrogens is 1. The Morgan fingerprint density at radius 1 is 1.12 bits per heavy atom. The molecule has 7 heteroatoms. The number of benzene rings is 2. The number of nitrogens with zero attached hydrogens (tertiary/aromatic N) is 2. The highest BCUT2D eigenvalue weighted by molar-refractivity contribution is 5.96. The average molecular weight is 352 g/mol. The van der Waals surface area contributed by atoms with Gasteiger partial charge in [-0.1, -0.05) is 6.07 Å². The van der Waals surface area contributed by atoms with E-state index in [0.29, 0.717) is 11.1 Å². The minimum Gasteiger partial charge on any atom is -0.491 e. The highest BCUT2D eigenvalue weighted by atomic mass is 16.6. The number of nitro benzene ring substituents is 1. The maximum Gasteiger partial charge on any atom is 0.343 e. The molecule has 0 saturated heterocycles. The number of hydrogen-bond acceptors (Lipinski definition) is 6. The molecule has 0 aliphatic heterocycles. The quantitative estimate of drug-likeness (QED) is 0.296. The topological polar surface area (TPSA) is 91.6 Å². The minimum atomic E-state index is -0.706. The second-order valence-corrected chi connectivity index (χ2v) is 5.83. The molecule has 0 radical (unpaired) electrons. The zero-order valence-corrected chi connectivity index (χ0v) is 14.2. The predicted octanol–water partition coefficient (Wildman–Crippen LogP) is 4.15. The molecule has 0 saturated carbocycles. The molecule has 26 heavy (non-hydrogen) atoms. The van der Waals surface area contributed by atoms with E-state index in [2.05, 4.69) is 4.98 Å². The third-order valence-electron chi connectivity index (χ3n) is 3.56. The van der Waals surface area contributed by atoms with Gasteiger partial charge in [0, 0.05) is 17.6 Å². The van der Waals surface area contributed by atoms with Gasteiger partial charge in [-0.3, -0.25) is 15.1 Å². The van der Waals surface area contributed by atoms with Crippen LogP contribution in [0.1, 0.15) is 24.2 Å². The van der Waals surface area contributed by atoms with Crippen LogP contribution < -0.4 is 9.47 Å². The number of rotatable bonds is 5. The molecule has 1 heterocycles. The number of carbonyl (C=O) groups is 1. The van der Waals surface area contributed by atoms with Crippen molar-refractivity contribution in [2.75, 3.05) is 0 Å². The van der Waals surface area contributed by atoms with Gasteiger partial charge in [0.1, 0.15) is 11.3 Å². The van der Waals surface area contributed by atoms with Crippen LogP contribution in [0.2, 0.25) is 0 Å². The monoisotopic (exact) mass is 352 g/mol. The number of hydrogen-bond donors (Lipinski definition) is 0. The van der Waals surface area contributed by atoms with E-state index >= 15 is 0 Å². The lowest BCUT2D eigenvalue weighted by atomic mass is 10.1. The Balaban J connectivity index is 1.94. The summed E-state index contributed by atoms with van der Waals surface area (Å²) >= 11 is 0. The first-order valence-corrected chi connectivity index (χ1v) is 7.96. The van der Waals surface area contributed by atoms with Crippen molar-refractivity contribution in [3.05, 3.63) is 70.4 Å². The van der Waals surface area contributed by atoms with Gasteiger partial charge in [0.05, 0.1) is 16.6 Å². The van der Waals surface area contributed by atoms with Crippen molar-refractivity contribution in [3.63, 3.8) is 0 Å². The number of pyridine rings is 1. The van der Waals surface area contributed by atoms with Crippen LogP contribution in [0.3, 0.4) is 0 Å². The molecule has 0 unspecified atom stereocenters. The predicted molar refractivity (Wildman–Crippen MR) is 95.6 cm³/mol. The van der Waals surface area contributed by atoms with Crippen molar-refractivity contribution in [2.24, 2.45) is 0 Å². The van der Waals surface area contributed by atoms with Gasteiger partial charge in [-0.2, -0.15) is 0 Å². The molecule has 1 aromatic heterocycles. The molecule has 0 aliphatic carbocycles. The molecular formula is C19H16N2O5. The molecule has 0 N–H and O–H groups in total. The highest BCUT2D eigenvalue weighted by Gasteiger charge is 2.23. The highest BCUT2D eigenvalue weighted by Crippen LogP contribution is 2.34. The van der Waals surface area contributed by atoms with Crippen molar-refractivity contribution in [2.45, 2.75) is 20.0 Å². The first-order chi connectivity index (χ1) is 12.5. The maximum absolute atomic E-state index is 12.5. The average Bonchev–Trinajstić information content (AvgIpc) is 2.61. The van der Waals surface area contributed by atoms with Crippen LogP contribution in [0.25, 0.3) is 10.9 Å². The van der Waals surface area contributed by atoms with Crippen LogP contribution in [0, 0.1) is 10.1 Å². The van der Waals surface area contributed by atoms with Gasteiger partial charge in [-0.25, -0.2) is 4.79 Å². The maximum atomic E-state index is 12.5. The van der Waals surface area contributed by atoms with Crippen molar-refractivity contribution in [3.8, 4) is 11.5 Å². The molecular weight excluding hydrogens is 336 g/mol. The Kier molecular flexibility index (Phi) is 4.79. The van der Waals surface area contributed by atoms with Gasteiger partial charge >= 0.3 is 11.7 Å². The van der Waals surface area contributed by atoms with E-state index in [1.165, 1.54) is 12.3 Å². The number of fused-ring (bicyclic) bond motifs is 1. The fraction of sp³-hybridized carbons (Fsp3) is 0.158. The Morgan fingerprint density at radius 2 is 1.85 bits per heavy atom. The normalized spacial score (nSPS) is 10.7. The lowest BCUT2D eigenvalue weighted by molar-refractivity contribution is -0.385. The molecule has 0 spiro atoms. The van der Waals surface area contributed by atoms with Gasteiger partial charge in [-0.05, 0) is 50.2 Å². The fourth-order valence-electron chi connectivity index (χ4n) is 2.45. The van der Waals surface area contributed by atoms with Crippen molar-refractivity contribution >= 4 is 22.6 Å². The number of carbonyl (C=O) groups excluding carboxylic acids is 1. The van der Waals surface area contributed by atoms with Crippen LogP contribution in [0.15, 0.2) is 54.7 Å². The van der Waals surface area contributed by atoms with Crippen molar-refractivity contribution < 1.29 is 19.2 Å². The van der Waals surface area contributed by atoms with E-state index in [4.69, 9.17) is 9.47 Å². The van der Waals surface area contributed by atoms with E-state index in [0.717, 1.165) is 0 Å². The zero-order chi connectivity index (χ0) is 18.7. The standard InChI is InChI=1S/C19H16N2O5/c1-12(2)25-15-8-5-14(6-9-15)19(22)26-18-16(21(23)24)10-7-13-4-3-11-20-17(13)18/h3-12H,1-2H3. The molecule has 3 aromatic rings. The van der Waals surface area contributed by atoms with E-state index in [9.17, 15) is 14.9 Å². The summed E-state index contributed by atoms with van der Waals surface area (Å²) in [5.41, 5.74) is 0.197. The molecule has 2 aromatic carbocycles. The molecule has 7 nitrogen and oxygen atoms in total. The van der Waals surface area contributed by atoms with Crippen molar-refractivity contribution in [1.82, 2.24) is 4.98 Å². The van der Waals surface area contributed by atoms with Crippen LogP contribution in [-0.2, 0) is 0 Å². The van der Waals surface area contributed by atoms with Gasteiger partial charge < -0.3 is 9.47 Å². The van der Waals surface area contributed by atoms with Gasteiger partial charge in [0.2, 0.25) is 5.75 Å². The Labute approximate surface area is 149 Å². The van der Waals surface area contributed by atoms with Crippen LogP contribution in [0.5, 0.6) is 11.5 Å². The number of ether oxygens (including phenoxy) is 2. The van der Waals surface area contributed by atoms with E-state index < -0.39 is 10.9 Å². The Morgan fingerprint density at radius 3 is 2.50 bits per heavy atom. The Bertz CT molecular complexity index is 967. The van der Waals surface area contributed by atoms with Crippen molar-refractivity contribution in [1.29, 1.82) is 0 Å². The van der Waals surface area contributed by atoms with Crippen LogP contribution in [0.4, 0.5) is 5.69 Å². The molecule has 0 fully saturated rings. The van der Waals surface area contributed by atoms with E-state index in [-0.39, 0.29) is 28.6 Å². The summed E-state index contributed by atoms with van der Waals surface area (Å²) in [4.78, 5) is 27.3. The SMILES string of the molecule is CC(C)Oc1ccc(C(=O)Oc2c([N+](=O)[O-])ccc3cccnc23)cc1. The third kappa shape index (κ3) is 3.61. The molecule has 132 valence electrons.